The summed E-state index contributed by atoms with van der Waals surface area (Å²) in [5.41, 5.74) is 6.40. The van der Waals surface area contributed by atoms with Crippen molar-refractivity contribution in [1.29, 1.82) is 0 Å². The molecule has 1 unspecified atom stereocenters. The van der Waals surface area contributed by atoms with Crippen LogP contribution in [0.4, 0.5) is 0 Å². The molecular weight excluding hydrogens is 286 g/mol. The normalized spacial score (nSPS) is 13.0. The van der Waals surface area contributed by atoms with E-state index in [0.29, 0.717) is 35.2 Å². The molecular formula is C17H26ClNO2. The monoisotopic (exact) mass is 311 g/mol. The number of hydrogen-bond acceptors (Lipinski definition) is 3. The van der Waals surface area contributed by atoms with Gasteiger partial charge in [-0.15, -0.1) is 0 Å². The summed E-state index contributed by atoms with van der Waals surface area (Å²) in [5.74, 6) is 1.08. The van der Waals surface area contributed by atoms with Gasteiger partial charge in [-0.2, -0.15) is 0 Å². The standard InChI is InChI=1S/C17H26ClNO2/c1-17(2,3)12(9-10-19)5-7-15(20)14-11-13(18)6-8-16(14)21-4/h6,8,11-12H,5,7,9-10,19H2,1-4H3. The summed E-state index contributed by atoms with van der Waals surface area (Å²) in [6.07, 6.45) is 2.25. The molecule has 0 fully saturated rings. The number of rotatable bonds is 7. The van der Waals surface area contributed by atoms with E-state index in [0.717, 1.165) is 12.8 Å². The molecule has 0 spiro atoms. The van der Waals surface area contributed by atoms with Gasteiger partial charge in [0, 0.05) is 11.4 Å². The summed E-state index contributed by atoms with van der Waals surface area (Å²) >= 11 is 5.98. The van der Waals surface area contributed by atoms with E-state index in [4.69, 9.17) is 22.1 Å². The second-order valence-corrected chi connectivity index (χ2v) is 6.88. The van der Waals surface area contributed by atoms with Crippen LogP contribution in [-0.4, -0.2) is 19.4 Å². The van der Waals surface area contributed by atoms with E-state index >= 15 is 0 Å². The second kappa shape index (κ2) is 7.81. The Bertz CT molecular complexity index is 480. The number of carbonyl (C=O) groups excluding carboxylic acids is 1. The van der Waals surface area contributed by atoms with Crippen molar-refractivity contribution in [3.05, 3.63) is 28.8 Å². The first-order valence-electron chi connectivity index (χ1n) is 7.36. The number of Topliss-reactive ketones (excluding diaryl/α,β-unsaturated/α-hetero) is 1. The van der Waals surface area contributed by atoms with Gasteiger partial charge in [-0.25, -0.2) is 0 Å². The summed E-state index contributed by atoms with van der Waals surface area (Å²) in [6, 6.07) is 5.14. The summed E-state index contributed by atoms with van der Waals surface area (Å²) < 4.78 is 5.24. The molecule has 3 nitrogen and oxygen atoms in total. The zero-order valence-electron chi connectivity index (χ0n) is 13.4. The summed E-state index contributed by atoms with van der Waals surface area (Å²) in [7, 11) is 1.56. The molecule has 0 saturated carbocycles. The molecule has 4 heteroatoms. The van der Waals surface area contributed by atoms with Crippen LogP contribution in [0.1, 0.15) is 50.4 Å². The molecule has 0 aliphatic heterocycles. The fourth-order valence-corrected chi connectivity index (χ4v) is 2.72. The van der Waals surface area contributed by atoms with Crippen molar-refractivity contribution in [2.24, 2.45) is 17.1 Å². The quantitative estimate of drug-likeness (QED) is 0.763. The lowest BCUT2D eigenvalue weighted by Gasteiger charge is -2.30. The fraction of sp³-hybridized carbons (Fsp3) is 0.588. The SMILES string of the molecule is COc1ccc(Cl)cc1C(=O)CCC(CCN)C(C)(C)C. The van der Waals surface area contributed by atoms with Gasteiger partial charge in [-0.1, -0.05) is 32.4 Å². The highest BCUT2D eigenvalue weighted by molar-refractivity contribution is 6.31. The molecule has 0 aliphatic carbocycles. The van der Waals surface area contributed by atoms with Crippen LogP contribution in [0, 0.1) is 11.3 Å². The number of nitrogens with two attached hydrogens (primary N) is 1. The van der Waals surface area contributed by atoms with Gasteiger partial charge in [0.2, 0.25) is 0 Å². The van der Waals surface area contributed by atoms with Crippen molar-refractivity contribution < 1.29 is 9.53 Å². The number of methoxy groups -OCH3 is 1. The molecule has 0 bridgehead atoms. The van der Waals surface area contributed by atoms with Gasteiger partial charge in [-0.3, -0.25) is 4.79 Å². The topological polar surface area (TPSA) is 52.3 Å². The van der Waals surface area contributed by atoms with E-state index < -0.39 is 0 Å². The highest BCUT2D eigenvalue weighted by atomic mass is 35.5. The number of benzene rings is 1. The van der Waals surface area contributed by atoms with Crippen LogP contribution in [0.2, 0.25) is 5.02 Å². The van der Waals surface area contributed by atoms with Gasteiger partial charge in [0.1, 0.15) is 5.75 Å². The van der Waals surface area contributed by atoms with Crippen molar-refractivity contribution >= 4 is 17.4 Å². The zero-order chi connectivity index (χ0) is 16.0. The Morgan fingerprint density at radius 2 is 2.00 bits per heavy atom. The number of hydrogen-bond donors (Lipinski definition) is 1. The molecule has 1 aromatic carbocycles. The Hall–Kier alpha value is -1.06. The van der Waals surface area contributed by atoms with E-state index in [-0.39, 0.29) is 11.2 Å². The molecule has 0 amide bonds. The third kappa shape index (κ3) is 5.33. The van der Waals surface area contributed by atoms with Gasteiger partial charge in [-0.05, 0) is 48.9 Å². The lowest BCUT2D eigenvalue weighted by atomic mass is 9.75. The van der Waals surface area contributed by atoms with Crippen molar-refractivity contribution in [3.63, 3.8) is 0 Å². The third-order valence-corrected chi connectivity index (χ3v) is 4.16. The minimum Gasteiger partial charge on any atom is -0.496 e. The van der Waals surface area contributed by atoms with Crippen molar-refractivity contribution in [2.75, 3.05) is 13.7 Å². The summed E-state index contributed by atoms with van der Waals surface area (Å²) in [4.78, 5) is 12.4. The van der Waals surface area contributed by atoms with Crippen LogP contribution in [0.15, 0.2) is 18.2 Å². The number of halogens is 1. The molecule has 1 aromatic rings. The minimum absolute atomic E-state index is 0.0700. The lowest BCUT2D eigenvalue weighted by Crippen LogP contribution is -2.24. The molecule has 0 radical (unpaired) electrons. The van der Waals surface area contributed by atoms with Crippen LogP contribution in [0.25, 0.3) is 0 Å². The Balaban J connectivity index is 2.79. The summed E-state index contributed by atoms with van der Waals surface area (Å²) in [5, 5.41) is 0.550. The predicted octanol–water partition coefficient (Wildman–Crippen LogP) is 4.32. The average Bonchev–Trinajstić information content (AvgIpc) is 2.41. The first kappa shape index (κ1) is 18.0. The smallest absolute Gasteiger partial charge is 0.166 e. The second-order valence-electron chi connectivity index (χ2n) is 6.45. The number of ether oxygens (including phenoxy) is 1. The molecule has 0 heterocycles. The molecule has 2 N–H and O–H groups in total. The fourth-order valence-electron chi connectivity index (χ4n) is 2.55. The average molecular weight is 312 g/mol. The highest BCUT2D eigenvalue weighted by Crippen LogP contribution is 2.33. The molecule has 1 rings (SSSR count). The molecule has 21 heavy (non-hydrogen) atoms. The number of carbonyl (C=O) groups is 1. The van der Waals surface area contributed by atoms with E-state index in [2.05, 4.69) is 20.8 Å². The Morgan fingerprint density at radius 1 is 1.33 bits per heavy atom. The first-order valence-corrected chi connectivity index (χ1v) is 7.74. The molecule has 0 aromatic heterocycles. The maximum Gasteiger partial charge on any atom is 0.166 e. The van der Waals surface area contributed by atoms with Gasteiger partial charge < -0.3 is 10.5 Å². The Kier molecular flexibility index (Phi) is 6.69. The third-order valence-electron chi connectivity index (χ3n) is 3.92. The van der Waals surface area contributed by atoms with E-state index in [1.807, 2.05) is 0 Å². The van der Waals surface area contributed by atoms with Gasteiger partial charge in [0.25, 0.3) is 0 Å². The molecule has 118 valence electrons. The maximum absolute atomic E-state index is 12.4. The van der Waals surface area contributed by atoms with Crippen LogP contribution in [0.5, 0.6) is 5.75 Å². The van der Waals surface area contributed by atoms with Crippen molar-refractivity contribution in [1.82, 2.24) is 0 Å². The minimum atomic E-state index is 0.0700. The zero-order valence-corrected chi connectivity index (χ0v) is 14.2. The van der Waals surface area contributed by atoms with Gasteiger partial charge >= 0.3 is 0 Å². The van der Waals surface area contributed by atoms with Crippen LogP contribution >= 0.6 is 11.6 Å². The van der Waals surface area contributed by atoms with Crippen LogP contribution in [0.3, 0.4) is 0 Å². The summed E-state index contributed by atoms with van der Waals surface area (Å²) in [6.45, 7) is 7.23. The van der Waals surface area contributed by atoms with Gasteiger partial charge in [0.05, 0.1) is 12.7 Å². The van der Waals surface area contributed by atoms with E-state index in [1.165, 1.54) is 0 Å². The van der Waals surface area contributed by atoms with Crippen LogP contribution < -0.4 is 10.5 Å². The predicted molar refractivity (Wildman–Crippen MR) is 88.2 cm³/mol. The first-order chi connectivity index (χ1) is 9.79. The van der Waals surface area contributed by atoms with Crippen molar-refractivity contribution in [3.8, 4) is 5.75 Å². The molecule has 0 saturated heterocycles. The number of ketones is 1. The highest BCUT2D eigenvalue weighted by Gasteiger charge is 2.25. The molecule has 1 atom stereocenters. The largest absolute Gasteiger partial charge is 0.496 e. The van der Waals surface area contributed by atoms with Crippen LogP contribution in [-0.2, 0) is 0 Å². The Labute approximate surface area is 132 Å². The molecule has 0 aliphatic rings. The van der Waals surface area contributed by atoms with Crippen molar-refractivity contribution in [2.45, 2.75) is 40.0 Å². The lowest BCUT2D eigenvalue weighted by molar-refractivity contribution is 0.0955. The van der Waals surface area contributed by atoms with E-state index in [9.17, 15) is 4.79 Å². The Morgan fingerprint density at radius 3 is 2.52 bits per heavy atom. The van der Waals surface area contributed by atoms with E-state index in [1.54, 1.807) is 25.3 Å². The van der Waals surface area contributed by atoms with Gasteiger partial charge in [0.15, 0.2) is 5.78 Å². The maximum atomic E-state index is 12.4.